The van der Waals surface area contributed by atoms with Crippen molar-refractivity contribution in [3.05, 3.63) is 35.4 Å². The first-order valence-electron chi connectivity index (χ1n) is 8.61. The van der Waals surface area contributed by atoms with Crippen LogP contribution in [0, 0.1) is 0 Å². The summed E-state index contributed by atoms with van der Waals surface area (Å²) in [6, 6.07) is 8.52. The molecule has 1 aromatic rings. The molecule has 1 atom stereocenters. The number of carbonyl (C=O) groups is 1. The Labute approximate surface area is 133 Å². The first kappa shape index (κ1) is 15.3. The van der Waals surface area contributed by atoms with Crippen molar-refractivity contribution in [2.45, 2.75) is 57.9 Å². The van der Waals surface area contributed by atoms with E-state index in [4.69, 9.17) is 0 Å². The zero-order valence-electron chi connectivity index (χ0n) is 13.8. The number of nitrogens with one attached hydrogen (secondary N) is 1. The molecule has 1 aromatic carbocycles. The number of likely N-dealkylation sites (tertiary alicyclic amines) is 1. The van der Waals surface area contributed by atoms with Crippen LogP contribution in [-0.4, -0.2) is 35.1 Å². The van der Waals surface area contributed by atoms with Gasteiger partial charge in [-0.15, -0.1) is 0 Å². The topological polar surface area (TPSA) is 34.3 Å². The largest absolute Gasteiger partial charge is 0.342 e. The molecule has 118 valence electrons. The van der Waals surface area contributed by atoms with E-state index in [2.05, 4.69) is 43.1 Å². The molecule has 0 aromatic heterocycles. The van der Waals surface area contributed by atoms with Crippen molar-refractivity contribution in [2.75, 3.05) is 13.1 Å². The summed E-state index contributed by atoms with van der Waals surface area (Å²) in [7, 11) is 0. The van der Waals surface area contributed by atoms with Gasteiger partial charge in [0.25, 0.3) is 0 Å². The first-order chi connectivity index (χ1) is 10.6. The van der Waals surface area contributed by atoms with Crippen LogP contribution in [0.15, 0.2) is 24.3 Å². The van der Waals surface area contributed by atoms with Gasteiger partial charge in [0, 0.05) is 38.4 Å². The van der Waals surface area contributed by atoms with Crippen LogP contribution in [-0.2, 0) is 11.2 Å². The second-order valence-corrected chi connectivity index (χ2v) is 6.97. The van der Waals surface area contributed by atoms with Crippen molar-refractivity contribution >= 4 is 11.6 Å². The number of amides is 1. The van der Waals surface area contributed by atoms with Crippen LogP contribution >= 0.6 is 0 Å². The van der Waals surface area contributed by atoms with Gasteiger partial charge >= 0.3 is 0 Å². The van der Waals surface area contributed by atoms with E-state index in [0.717, 1.165) is 44.5 Å². The van der Waals surface area contributed by atoms with E-state index in [0.29, 0.717) is 6.42 Å². The third-order valence-corrected chi connectivity index (χ3v) is 5.19. The Morgan fingerprint density at radius 3 is 2.68 bits per heavy atom. The molecule has 1 saturated heterocycles. The van der Waals surface area contributed by atoms with E-state index in [9.17, 15) is 4.79 Å². The molecule has 0 radical (unpaired) electrons. The van der Waals surface area contributed by atoms with E-state index in [1.165, 1.54) is 17.5 Å². The van der Waals surface area contributed by atoms with Crippen LogP contribution in [0.3, 0.4) is 0 Å². The highest BCUT2D eigenvalue weighted by Gasteiger charge is 2.36. The maximum Gasteiger partial charge on any atom is 0.233 e. The molecule has 1 N–H and O–H groups in total. The average Bonchev–Trinajstić information content (AvgIpc) is 2.55. The highest BCUT2D eigenvalue weighted by molar-refractivity contribution is 6.08. The number of rotatable bonds is 3. The predicted octanol–water partition coefficient (Wildman–Crippen LogP) is 1.68. The number of carbonyl (C=O) groups excluding carboxylic acids is 1. The van der Waals surface area contributed by atoms with E-state index in [1.54, 1.807) is 0 Å². The summed E-state index contributed by atoms with van der Waals surface area (Å²) in [5, 5.41) is 0. The van der Waals surface area contributed by atoms with Crippen molar-refractivity contribution in [2.24, 2.45) is 0 Å². The highest BCUT2D eigenvalue weighted by atomic mass is 16.2. The van der Waals surface area contributed by atoms with Crippen molar-refractivity contribution in [3.63, 3.8) is 0 Å². The Balaban J connectivity index is 1.84. The minimum Gasteiger partial charge on any atom is -0.342 e. The van der Waals surface area contributed by atoms with E-state index in [-0.39, 0.29) is 11.4 Å². The summed E-state index contributed by atoms with van der Waals surface area (Å²) in [6.45, 7) is 6.33. The zero-order chi connectivity index (χ0) is 15.6. The molecular weight excluding hydrogens is 272 g/mol. The number of fused-ring (bicyclic) bond motifs is 1. The number of nitrogens with zero attached hydrogens (tertiary/aromatic N) is 1. The number of piperidine rings is 1. The van der Waals surface area contributed by atoms with E-state index >= 15 is 0 Å². The standard InChI is InChI=1S/C19H26N2O/c1-3-19(2)14-15-9-5-6-10-16(15)17(20-19)13-18(22)21-11-7-4-8-12-21/h5-6,9-10H,3-4,7-8,11-14H2,1-2H3/p+1. The van der Waals surface area contributed by atoms with Crippen LogP contribution < -0.4 is 4.99 Å². The van der Waals surface area contributed by atoms with Gasteiger partial charge in [-0.1, -0.05) is 25.1 Å². The minimum atomic E-state index is 0.0614. The molecule has 0 spiro atoms. The Morgan fingerprint density at radius 2 is 1.95 bits per heavy atom. The van der Waals surface area contributed by atoms with Crippen LogP contribution in [0.25, 0.3) is 0 Å². The third kappa shape index (κ3) is 3.08. The lowest BCUT2D eigenvalue weighted by atomic mass is 9.83. The molecule has 3 heteroatoms. The summed E-state index contributed by atoms with van der Waals surface area (Å²) < 4.78 is 0. The maximum absolute atomic E-state index is 12.6. The van der Waals surface area contributed by atoms with Crippen molar-refractivity contribution < 1.29 is 9.79 Å². The summed E-state index contributed by atoms with van der Waals surface area (Å²) in [4.78, 5) is 18.4. The lowest BCUT2D eigenvalue weighted by Crippen LogP contribution is -2.89. The Bertz CT molecular complexity index is 587. The molecule has 1 amide bonds. The van der Waals surface area contributed by atoms with Crippen LogP contribution in [0.2, 0.25) is 0 Å². The smallest absolute Gasteiger partial charge is 0.233 e. The molecule has 1 unspecified atom stereocenters. The van der Waals surface area contributed by atoms with Gasteiger partial charge in [0.2, 0.25) is 5.91 Å². The van der Waals surface area contributed by atoms with Gasteiger partial charge in [0.15, 0.2) is 11.3 Å². The molecular formula is C19H27N2O+. The fraction of sp³-hybridized carbons (Fsp3) is 0.579. The van der Waals surface area contributed by atoms with Crippen LogP contribution in [0.5, 0.6) is 0 Å². The van der Waals surface area contributed by atoms with Crippen molar-refractivity contribution in [3.8, 4) is 0 Å². The fourth-order valence-corrected chi connectivity index (χ4v) is 3.62. The van der Waals surface area contributed by atoms with Gasteiger partial charge in [0.1, 0.15) is 6.42 Å². The minimum absolute atomic E-state index is 0.0614. The van der Waals surface area contributed by atoms with Gasteiger partial charge in [-0.05, 0) is 30.9 Å². The third-order valence-electron chi connectivity index (χ3n) is 5.19. The molecule has 3 nitrogen and oxygen atoms in total. The molecule has 0 saturated carbocycles. The lowest BCUT2D eigenvalue weighted by Gasteiger charge is -2.29. The molecule has 2 heterocycles. The summed E-state index contributed by atoms with van der Waals surface area (Å²) in [5.41, 5.74) is 3.78. The summed E-state index contributed by atoms with van der Waals surface area (Å²) >= 11 is 0. The Kier molecular flexibility index (Phi) is 4.32. The lowest BCUT2D eigenvalue weighted by molar-refractivity contribution is -0.552. The second-order valence-electron chi connectivity index (χ2n) is 6.97. The molecule has 3 rings (SSSR count). The Morgan fingerprint density at radius 1 is 1.23 bits per heavy atom. The molecule has 1 fully saturated rings. The normalized spacial score (nSPS) is 24.6. The summed E-state index contributed by atoms with van der Waals surface area (Å²) in [6.07, 6.45) is 6.15. The van der Waals surface area contributed by atoms with E-state index in [1.807, 2.05) is 4.90 Å². The van der Waals surface area contributed by atoms with Crippen LogP contribution in [0.1, 0.15) is 57.1 Å². The monoisotopic (exact) mass is 299 g/mol. The van der Waals surface area contributed by atoms with Gasteiger partial charge in [0.05, 0.1) is 0 Å². The average molecular weight is 299 g/mol. The molecule has 0 bridgehead atoms. The van der Waals surface area contributed by atoms with Gasteiger partial charge in [-0.3, -0.25) is 4.79 Å². The number of benzene rings is 1. The van der Waals surface area contributed by atoms with Gasteiger partial charge in [-0.2, -0.15) is 0 Å². The number of hydrogen-bond donors (Lipinski definition) is 1. The zero-order valence-corrected chi connectivity index (χ0v) is 13.8. The maximum atomic E-state index is 12.6. The van der Waals surface area contributed by atoms with E-state index < -0.39 is 0 Å². The second kappa shape index (κ2) is 6.23. The molecule has 2 aliphatic rings. The van der Waals surface area contributed by atoms with Gasteiger partial charge in [-0.25, -0.2) is 4.99 Å². The Hall–Kier alpha value is -1.64. The molecule has 2 aliphatic heterocycles. The fourth-order valence-electron chi connectivity index (χ4n) is 3.62. The molecule has 0 aliphatic carbocycles. The molecule has 22 heavy (non-hydrogen) atoms. The SMILES string of the molecule is CCC1(C)Cc2ccccc2C(CC(=O)N2CCCCC2)=[NH+]1. The highest BCUT2D eigenvalue weighted by Crippen LogP contribution is 2.21. The van der Waals surface area contributed by atoms with Crippen molar-refractivity contribution in [1.82, 2.24) is 4.90 Å². The van der Waals surface area contributed by atoms with Crippen molar-refractivity contribution in [1.29, 1.82) is 0 Å². The quantitative estimate of drug-likeness (QED) is 0.905. The number of hydrogen-bond acceptors (Lipinski definition) is 1. The summed E-state index contributed by atoms with van der Waals surface area (Å²) in [5.74, 6) is 0.275. The van der Waals surface area contributed by atoms with Crippen LogP contribution in [0.4, 0.5) is 0 Å². The predicted molar refractivity (Wildman–Crippen MR) is 89.0 cm³/mol. The van der Waals surface area contributed by atoms with Gasteiger partial charge < -0.3 is 4.90 Å². The first-order valence-corrected chi connectivity index (χ1v) is 8.61.